The molecular weight excluding hydrogens is 288 g/mol. The lowest BCUT2D eigenvalue weighted by atomic mass is 10.0. The Balaban J connectivity index is 2.62. The van der Waals surface area contributed by atoms with E-state index >= 15 is 0 Å². The van der Waals surface area contributed by atoms with Crippen molar-refractivity contribution in [2.45, 2.75) is 6.92 Å². The third-order valence-electron chi connectivity index (χ3n) is 2.94. The minimum absolute atomic E-state index is 0.111. The molecule has 0 aliphatic rings. The Bertz CT molecular complexity index is 656. The number of carbonyl (C=O) groups is 1. The second-order valence-electron chi connectivity index (χ2n) is 4.67. The van der Waals surface area contributed by atoms with Crippen LogP contribution in [0.3, 0.4) is 0 Å². The van der Waals surface area contributed by atoms with Crippen LogP contribution >= 0.6 is 11.6 Å². The van der Waals surface area contributed by atoms with E-state index < -0.39 is 0 Å². The fraction of sp³-hybridized carbons (Fsp3) is 0.250. The molecule has 1 aromatic carbocycles. The molecule has 4 nitrogen and oxygen atoms in total. The molecule has 0 aliphatic carbocycles. The highest BCUT2D eigenvalue weighted by Gasteiger charge is 2.18. The van der Waals surface area contributed by atoms with Crippen LogP contribution in [0, 0.1) is 0 Å². The molecule has 1 heterocycles. The van der Waals surface area contributed by atoms with Gasteiger partial charge in [0.25, 0.3) is 5.91 Å². The van der Waals surface area contributed by atoms with E-state index in [0.717, 1.165) is 5.56 Å². The lowest BCUT2D eigenvalue weighted by molar-refractivity contribution is 0.0828. The molecule has 2 aromatic rings. The first-order chi connectivity index (χ1) is 10.0. The maximum Gasteiger partial charge on any atom is 0.255 e. The summed E-state index contributed by atoms with van der Waals surface area (Å²) < 4.78 is 5.62. The number of nitrogens with zero attached hydrogens (tertiary/aromatic N) is 2. The van der Waals surface area contributed by atoms with E-state index in [1.54, 1.807) is 50.6 Å². The monoisotopic (exact) mass is 304 g/mol. The summed E-state index contributed by atoms with van der Waals surface area (Å²) in [5.74, 6) is 0.550. The normalized spacial score (nSPS) is 10.3. The number of pyridine rings is 1. The van der Waals surface area contributed by atoms with E-state index in [1.165, 1.54) is 4.90 Å². The summed E-state index contributed by atoms with van der Waals surface area (Å²) in [5.41, 5.74) is 1.81. The molecule has 0 radical (unpaired) electrons. The van der Waals surface area contributed by atoms with Crippen molar-refractivity contribution >= 4 is 17.5 Å². The first-order valence-corrected chi connectivity index (χ1v) is 7.01. The first-order valence-electron chi connectivity index (χ1n) is 6.64. The van der Waals surface area contributed by atoms with Gasteiger partial charge in [0.1, 0.15) is 5.75 Å². The summed E-state index contributed by atoms with van der Waals surface area (Å²) in [6, 6.07) is 8.81. The van der Waals surface area contributed by atoms with Crippen LogP contribution in [0.2, 0.25) is 5.02 Å². The van der Waals surface area contributed by atoms with Gasteiger partial charge >= 0.3 is 0 Å². The predicted molar refractivity (Wildman–Crippen MR) is 83.9 cm³/mol. The van der Waals surface area contributed by atoms with Gasteiger partial charge in [-0.1, -0.05) is 11.6 Å². The third-order valence-corrected chi connectivity index (χ3v) is 3.18. The van der Waals surface area contributed by atoms with Gasteiger partial charge < -0.3 is 9.64 Å². The number of aromatic nitrogens is 1. The van der Waals surface area contributed by atoms with Crippen molar-refractivity contribution < 1.29 is 9.53 Å². The van der Waals surface area contributed by atoms with Crippen LogP contribution < -0.4 is 4.74 Å². The van der Waals surface area contributed by atoms with E-state index in [-0.39, 0.29) is 5.91 Å². The van der Waals surface area contributed by atoms with Crippen LogP contribution in [-0.4, -0.2) is 36.5 Å². The van der Waals surface area contributed by atoms with Gasteiger partial charge in [-0.05, 0) is 37.3 Å². The molecule has 0 N–H and O–H groups in total. The minimum atomic E-state index is -0.111. The van der Waals surface area contributed by atoms with Gasteiger partial charge in [0.05, 0.1) is 17.9 Å². The third kappa shape index (κ3) is 3.34. The van der Waals surface area contributed by atoms with Gasteiger partial charge in [0.15, 0.2) is 0 Å². The molecule has 0 saturated heterocycles. The summed E-state index contributed by atoms with van der Waals surface area (Å²) in [5, 5.41) is 0.572. The van der Waals surface area contributed by atoms with E-state index in [1.807, 2.05) is 6.92 Å². The lowest BCUT2D eigenvalue weighted by Gasteiger charge is -2.15. The van der Waals surface area contributed by atoms with Crippen molar-refractivity contribution in [3.05, 3.63) is 47.1 Å². The van der Waals surface area contributed by atoms with Crippen LogP contribution in [0.15, 0.2) is 36.5 Å². The Morgan fingerprint density at radius 2 is 2.10 bits per heavy atom. The van der Waals surface area contributed by atoms with Gasteiger partial charge in [-0.15, -0.1) is 0 Å². The molecule has 2 rings (SSSR count). The Kier molecular flexibility index (Phi) is 4.81. The highest BCUT2D eigenvalue weighted by molar-refractivity contribution is 6.31. The second kappa shape index (κ2) is 6.59. The van der Waals surface area contributed by atoms with Gasteiger partial charge in [0.2, 0.25) is 0 Å². The first kappa shape index (κ1) is 15.3. The Labute approximate surface area is 129 Å². The molecule has 0 bridgehead atoms. The zero-order valence-electron chi connectivity index (χ0n) is 12.3. The van der Waals surface area contributed by atoms with E-state index in [2.05, 4.69) is 4.98 Å². The van der Waals surface area contributed by atoms with E-state index in [0.29, 0.717) is 28.6 Å². The molecule has 5 heteroatoms. The van der Waals surface area contributed by atoms with Crippen molar-refractivity contribution in [2.24, 2.45) is 0 Å². The predicted octanol–water partition coefficient (Wildman–Crippen LogP) is 3.50. The number of benzene rings is 1. The molecule has 0 atom stereocenters. The van der Waals surface area contributed by atoms with Crippen LogP contribution in [0.25, 0.3) is 11.3 Å². The van der Waals surface area contributed by atoms with Crippen molar-refractivity contribution in [1.82, 2.24) is 9.88 Å². The fourth-order valence-electron chi connectivity index (χ4n) is 2.00. The topological polar surface area (TPSA) is 42.4 Å². The molecule has 110 valence electrons. The van der Waals surface area contributed by atoms with E-state index in [4.69, 9.17) is 16.3 Å². The Morgan fingerprint density at radius 1 is 1.33 bits per heavy atom. The summed E-state index contributed by atoms with van der Waals surface area (Å²) in [6.07, 6.45) is 1.65. The van der Waals surface area contributed by atoms with Gasteiger partial charge in [0, 0.05) is 30.9 Å². The Morgan fingerprint density at radius 3 is 2.76 bits per heavy atom. The standard InChI is InChI=1S/C16H17ClN2O2/c1-4-21-14-8-7-11(17)10-13(14)15-12(6-5-9-18-15)16(20)19(2)3/h5-10H,4H2,1-3H3. The number of hydrogen-bond donors (Lipinski definition) is 0. The molecule has 0 saturated carbocycles. The summed E-state index contributed by atoms with van der Waals surface area (Å²) in [4.78, 5) is 18.2. The van der Waals surface area contributed by atoms with Crippen molar-refractivity contribution in [1.29, 1.82) is 0 Å². The van der Waals surface area contributed by atoms with Crippen molar-refractivity contribution in [3.63, 3.8) is 0 Å². The van der Waals surface area contributed by atoms with Crippen molar-refractivity contribution in [3.8, 4) is 17.0 Å². The van der Waals surface area contributed by atoms with E-state index in [9.17, 15) is 4.79 Å². The molecule has 0 aliphatic heterocycles. The summed E-state index contributed by atoms with van der Waals surface area (Å²) in [7, 11) is 3.42. The quantitative estimate of drug-likeness (QED) is 0.868. The average Bonchev–Trinajstić information content (AvgIpc) is 2.48. The summed E-state index contributed by atoms with van der Waals surface area (Å²) >= 11 is 6.08. The van der Waals surface area contributed by atoms with Gasteiger partial charge in [-0.2, -0.15) is 0 Å². The number of rotatable bonds is 4. The molecule has 0 unspecified atom stereocenters. The second-order valence-corrected chi connectivity index (χ2v) is 5.11. The highest BCUT2D eigenvalue weighted by Crippen LogP contribution is 2.33. The lowest BCUT2D eigenvalue weighted by Crippen LogP contribution is -2.22. The van der Waals surface area contributed by atoms with Crippen LogP contribution in [-0.2, 0) is 0 Å². The maximum absolute atomic E-state index is 12.3. The molecular formula is C16H17ClN2O2. The van der Waals surface area contributed by atoms with Crippen LogP contribution in [0.1, 0.15) is 17.3 Å². The zero-order valence-corrected chi connectivity index (χ0v) is 13.0. The molecule has 21 heavy (non-hydrogen) atoms. The number of amides is 1. The SMILES string of the molecule is CCOc1ccc(Cl)cc1-c1ncccc1C(=O)N(C)C. The number of carbonyl (C=O) groups excluding carboxylic acids is 1. The van der Waals surface area contributed by atoms with Gasteiger partial charge in [-0.25, -0.2) is 0 Å². The van der Waals surface area contributed by atoms with Crippen LogP contribution in [0.4, 0.5) is 0 Å². The van der Waals surface area contributed by atoms with Crippen LogP contribution in [0.5, 0.6) is 5.75 Å². The largest absolute Gasteiger partial charge is 0.493 e. The van der Waals surface area contributed by atoms with Gasteiger partial charge in [-0.3, -0.25) is 9.78 Å². The number of hydrogen-bond acceptors (Lipinski definition) is 3. The van der Waals surface area contributed by atoms with Crippen molar-refractivity contribution in [2.75, 3.05) is 20.7 Å². The smallest absolute Gasteiger partial charge is 0.255 e. The number of ether oxygens (including phenoxy) is 1. The maximum atomic E-state index is 12.3. The Hall–Kier alpha value is -2.07. The molecule has 1 aromatic heterocycles. The molecule has 1 amide bonds. The highest BCUT2D eigenvalue weighted by atomic mass is 35.5. The molecule has 0 spiro atoms. The average molecular weight is 305 g/mol. The fourth-order valence-corrected chi connectivity index (χ4v) is 2.17. The minimum Gasteiger partial charge on any atom is -0.493 e. The zero-order chi connectivity index (χ0) is 15.4. The summed E-state index contributed by atoms with van der Waals surface area (Å²) in [6.45, 7) is 2.43. The number of halogens is 1. The molecule has 0 fully saturated rings.